The lowest BCUT2D eigenvalue weighted by Gasteiger charge is -2.34. The van der Waals surface area contributed by atoms with Gasteiger partial charge in [-0.2, -0.15) is 0 Å². The van der Waals surface area contributed by atoms with Gasteiger partial charge in [-0.25, -0.2) is 0 Å². The zero-order valence-electron chi connectivity index (χ0n) is 8.29. The zero-order chi connectivity index (χ0) is 10.0. The van der Waals surface area contributed by atoms with Crippen LogP contribution in [0.2, 0.25) is 0 Å². The minimum Gasteiger partial charge on any atom is -0.480 e. The Kier molecular flexibility index (Phi) is 2.74. The first-order valence-electron chi connectivity index (χ1n) is 5.29. The van der Waals surface area contributed by atoms with Crippen molar-refractivity contribution in [2.45, 2.75) is 31.2 Å². The lowest BCUT2D eigenvalue weighted by atomic mass is 9.90. The molecule has 0 radical (unpaired) electrons. The number of carbonyl (C=O) groups is 1. The van der Waals surface area contributed by atoms with Gasteiger partial charge in [0.05, 0.1) is 0 Å². The molecule has 0 bridgehead atoms. The van der Waals surface area contributed by atoms with Crippen molar-refractivity contribution in [2.75, 3.05) is 19.8 Å². The van der Waals surface area contributed by atoms with Crippen LogP contribution in [0.15, 0.2) is 0 Å². The largest absolute Gasteiger partial charge is 0.480 e. The highest BCUT2D eigenvalue weighted by Gasteiger charge is 2.40. The number of hydrogen-bond donors (Lipinski definition) is 2. The molecule has 2 rings (SSSR count). The molecule has 1 aliphatic carbocycles. The van der Waals surface area contributed by atoms with Crippen LogP contribution in [0, 0.1) is 5.92 Å². The summed E-state index contributed by atoms with van der Waals surface area (Å²) in [4.78, 5) is 11.2. The first-order valence-corrected chi connectivity index (χ1v) is 5.29. The molecule has 80 valence electrons. The van der Waals surface area contributed by atoms with Crippen LogP contribution in [0.1, 0.15) is 25.7 Å². The summed E-state index contributed by atoms with van der Waals surface area (Å²) in [5, 5.41) is 12.4. The van der Waals surface area contributed by atoms with E-state index in [2.05, 4.69) is 5.32 Å². The number of ether oxygens (including phenoxy) is 1. The highest BCUT2D eigenvalue weighted by molar-refractivity contribution is 5.78. The Morgan fingerprint density at radius 1 is 1.43 bits per heavy atom. The second-order valence-electron chi connectivity index (χ2n) is 4.32. The van der Waals surface area contributed by atoms with E-state index in [-0.39, 0.29) is 0 Å². The Balaban J connectivity index is 1.92. The highest BCUT2D eigenvalue weighted by Crippen LogP contribution is 2.30. The third kappa shape index (κ3) is 2.07. The van der Waals surface area contributed by atoms with Crippen LogP contribution >= 0.6 is 0 Å². The zero-order valence-corrected chi connectivity index (χ0v) is 8.29. The maximum atomic E-state index is 11.2. The molecule has 14 heavy (non-hydrogen) atoms. The highest BCUT2D eigenvalue weighted by atomic mass is 16.5. The summed E-state index contributed by atoms with van der Waals surface area (Å²) in [5.74, 6) is -0.00415. The van der Waals surface area contributed by atoms with Crippen LogP contribution in [0.5, 0.6) is 0 Å². The monoisotopic (exact) mass is 199 g/mol. The number of nitrogens with one attached hydrogen (secondary N) is 1. The Labute approximate surface area is 83.6 Å². The number of carboxylic acid groups (broad SMARTS) is 1. The number of carboxylic acids is 1. The maximum Gasteiger partial charge on any atom is 0.324 e. The fourth-order valence-electron chi connectivity index (χ4n) is 1.85. The molecule has 2 N–H and O–H groups in total. The van der Waals surface area contributed by atoms with E-state index in [1.165, 1.54) is 12.8 Å². The van der Waals surface area contributed by atoms with E-state index < -0.39 is 11.5 Å². The van der Waals surface area contributed by atoms with Gasteiger partial charge in [0.2, 0.25) is 0 Å². The summed E-state index contributed by atoms with van der Waals surface area (Å²) >= 11 is 0. The van der Waals surface area contributed by atoms with Crippen molar-refractivity contribution in [3.8, 4) is 0 Å². The molecular formula is C10H17NO3. The van der Waals surface area contributed by atoms with E-state index >= 15 is 0 Å². The Bertz CT molecular complexity index is 219. The molecule has 1 saturated carbocycles. The van der Waals surface area contributed by atoms with E-state index in [1.54, 1.807) is 0 Å². The minimum atomic E-state index is -0.721. The molecule has 0 atom stereocenters. The summed E-state index contributed by atoms with van der Waals surface area (Å²) in [6.45, 7) is 1.97. The van der Waals surface area contributed by atoms with Gasteiger partial charge in [0.1, 0.15) is 5.54 Å². The third-order valence-corrected chi connectivity index (χ3v) is 3.18. The van der Waals surface area contributed by atoms with E-state index in [4.69, 9.17) is 4.74 Å². The van der Waals surface area contributed by atoms with E-state index in [1.807, 2.05) is 0 Å². The number of rotatable bonds is 4. The quantitative estimate of drug-likeness (QED) is 0.697. The van der Waals surface area contributed by atoms with E-state index in [0.717, 1.165) is 6.54 Å². The molecule has 1 heterocycles. The van der Waals surface area contributed by atoms with Crippen LogP contribution < -0.4 is 5.32 Å². The molecule has 0 spiro atoms. The van der Waals surface area contributed by atoms with Gasteiger partial charge >= 0.3 is 5.97 Å². The molecule has 2 fully saturated rings. The molecule has 0 aromatic carbocycles. The predicted octanol–water partition coefficient (Wildman–Crippen LogP) is 0.620. The first-order chi connectivity index (χ1) is 6.73. The second kappa shape index (κ2) is 3.87. The van der Waals surface area contributed by atoms with E-state index in [9.17, 15) is 9.90 Å². The van der Waals surface area contributed by atoms with Gasteiger partial charge in [0.25, 0.3) is 0 Å². The van der Waals surface area contributed by atoms with Crippen molar-refractivity contribution < 1.29 is 14.6 Å². The van der Waals surface area contributed by atoms with Crippen LogP contribution in [0.3, 0.4) is 0 Å². The normalized spacial score (nSPS) is 26.0. The molecule has 1 saturated heterocycles. The summed E-state index contributed by atoms with van der Waals surface area (Å²) in [5.41, 5.74) is -0.707. The minimum absolute atomic E-state index is 0.559. The van der Waals surface area contributed by atoms with Crippen molar-refractivity contribution in [3.63, 3.8) is 0 Å². The summed E-state index contributed by atoms with van der Waals surface area (Å²) < 4.78 is 5.19. The lowest BCUT2D eigenvalue weighted by Crippen LogP contribution is -2.56. The van der Waals surface area contributed by atoms with Crippen molar-refractivity contribution in [2.24, 2.45) is 5.92 Å². The molecule has 4 nitrogen and oxygen atoms in total. The standard InChI is InChI=1S/C10H17NO3/c12-9(13)10(3-5-14-6-4-10)11-7-8-1-2-8/h8,11H,1-7H2,(H,12,13). The molecule has 0 aromatic rings. The van der Waals surface area contributed by atoms with Crippen molar-refractivity contribution in [3.05, 3.63) is 0 Å². The second-order valence-corrected chi connectivity index (χ2v) is 4.32. The van der Waals surface area contributed by atoms with Gasteiger partial charge in [0.15, 0.2) is 0 Å². The molecule has 0 amide bonds. The Morgan fingerprint density at radius 2 is 2.07 bits per heavy atom. The molecule has 0 aromatic heterocycles. The summed E-state index contributed by atoms with van der Waals surface area (Å²) in [7, 11) is 0. The lowest BCUT2D eigenvalue weighted by molar-refractivity contribution is -0.149. The van der Waals surface area contributed by atoms with E-state index in [0.29, 0.717) is 32.0 Å². The molecule has 4 heteroatoms. The smallest absolute Gasteiger partial charge is 0.324 e. The van der Waals surface area contributed by atoms with Crippen molar-refractivity contribution in [1.82, 2.24) is 5.32 Å². The molecule has 0 unspecified atom stereocenters. The van der Waals surface area contributed by atoms with Crippen LogP contribution in [-0.2, 0) is 9.53 Å². The average molecular weight is 199 g/mol. The molecule has 1 aliphatic heterocycles. The van der Waals surface area contributed by atoms with Crippen LogP contribution in [0.4, 0.5) is 0 Å². The van der Waals surface area contributed by atoms with Gasteiger partial charge in [0, 0.05) is 13.2 Å². The van der Waals surface area contributed by atoms with Crippen LogP contribution in [-0.4, -0.2) is 36.4 Å². The summed E-state index contributed by atoms with van der Waals surface area (Å²) in [6.07, 6.45) is 3.68. The average Bonchev–Trinajstić information content (AvgIpc) is 2.99. The fraction of sp³-hybridized carbons (Fsp3) is 0.900. The Morgan fingerprint density at radius 3 is 2.57 bits per heavy atom. The third-order valence-electron chi connectivity index (χ3n) is 3.18. The Hall–Kier alpha value is -0.610. The first kappa shape index (κ1) is 9.93. The maximum absolute atomic E-state index is 11.2. The fourth-order valence-corrected chi connectivity index (χ4v) is 1.85. The summed E-state index contributed by atoms with van der Waals surface area (Å²) in [6, 6.07) is 0. The number of aliphatic carboxylic acids is 1. The van der Waals surface area contributed by atoms with Crippen molar-refractivity contribution in [1.29, 1.82) is 0 Å². The van der Waals surface area contributed by atoms with Gasteiger partial charge in [-0.15, -0.1) is 0 Å². The van der Waals surface area contributed by atoms with Crippen LogP contribution in [0.25, 0.3) is 0 Å². The van der Waals surface area contributed by atoms with Gasteiger partial charge < -0.3 is 15.2 Å². The van der Waals surface area contributed by atoms with Gasteiger partial charge in [-0.05, 0) is 38.1 Å². The van der Waals surface area contributed by atoms with Crippen molar-refractivity contribution >= 4 is 5.97 Å². The molecular weight excluding hydrogens is 182 g/mol. The topological polar surface area (TPSA) is 58.6 Å². The predicted molar refractivity (Wildman–Crippen MR) is 51.1 cm³/mol. The van der Waals surface area contributed by atoms with Gasteiger partial charge in [-0.3, -0.25) is 4.79 Å². The SMILES string of the molecule is O=C(O)C1(NCC2CC2)CCOCC1. The molecule has 2 aliphatic rings. The van der Waals surface area contributed by atoms with Gasteiger partial charge in [-0.1, -0.05) is 0 Å². The number of hydrogen-bond acceptors (Lipinski definition) is 3.